The van der Waals surface area contributed by atoms with Crippen molar-refractivity contribution in [2.45, 2.75) is 32.2 Å². The van der Waals surface area contributed by atoms with Crippen LogP contribution in [0.4, 0.5) is 4.79 Å². The van der Waals surface area contributed by atoms with Crippen LogP contribution >= 0.6 is 0 Å². The lowest BCUT2D eigenvalue weighted by molar-refractivity contribution is -0.141. The van der Waals surface area contributed by atoms with Crippen LogP contribution in [-0.2, 0) is 15.1 Å². The molecule has 1 heterocycles. The van der Waals surface area contributed by atoms with Crippen LogP contribution in [0.5, 0.6) is 0 Å². The first kappa shape index (κ1) is 18.4. The van der Waals surface area contributed by atoms with E-state index in [0.29, 0.717) is 18.4 Å². The lowest BCUT2D eigenvalue weighted by Gasteiger charge is -2.21. The molecule has 1 aromatic rings. The number of carboxylic acid groups (broad SMARTS) is 1. The molecule has 0 bridgehead atoms. The van der Waals surface area contributed by atoms with E-state index in [1.165, 1.54) is 6.07 Å². The van der Waals surface area contributed by atoms with Crippen LogP contribution in [-0.4, -0.2) is 35.5 Å². The molecule has 0 aromatic heterocycles. The Morgan fingerprint density at radius 2 is 2.04 bits per heavy atom. The third-order valence-electron chi connectivity index (χ3n) is 4.24. The van der Waals surface area contributed by atoms with Crippen molar-refractivity contribution in [3.63, 3.8) is 0 Å². The van der Waals surface area contributed by atoms with Gasteiger partial charge in [-0.05, 0) is 31.0 Å². The van der Waals surface area contributed by atoms with Crippen molar-refractivity contribution in [3.05, 3.63) is 35.4 Å². The maximum atomic E-state index is 12.3. The van der Waals surface area contributed by atoms with Crippen molar-refractivity contribution in [2.75, 3.05) is 6.54 Å². The Labute approximate surface area is 145 Å². The molecule has 134 valence electrons. The van der Waals surface area contributed by atoms with E-state index in [9.17, 15) is 19.2 Å². The molecule has 1 aromatic carbocycles. The maximum Gasteiger partial charge on any atom is 0.322 e. The predicted molar refractivity (Wildman–Crippen MR) is 88.8 cm³/mol. The van der Waals surface area contributed by atoms with Crippen LogP contribution in [0.2, 0.25) is 0 Å². The van der Waals surface area contributed by atoms with Crippen LogP contribution in [0.15, 0.2) is 24.3 Å². The number of amides is 4. The second-order valence-corrected chi connectivity index (χ2v) is 6.15. The van der Waals surface area contributed by atoms with Gasteiger partial charge in [0.2, 0.25) is 0 Å². The van der Waals surface area contributed by atoms with E-state index in [1.807, 2.05) is 6.92 Å². The Bertz CT molecular complexity index is 718. The molecule has 1 fully saturated rings. The van der Waals surface area contributed by atoms with Crippen molar-refractivity contribution < 1.29 is 24.3 Å². The number of hydrogen-bond acceptors (Lipinski definition) is 4. The van der Waals surface area contributed by atoms with Gasteiger partial charge in [-0.2, -0.15) is 0 Å². The summed E-state index contributed by atoms with van der Waals surface area (Å²) in [6.07, 6.45) is 1.18. The first-order valence-corrected chi connectivity index (χ1v) is 8.03. The minimum absolute atomic E-state index is 0.0285. The number of rotatable bonds is 7. The zero-order valence-corrected chi connectivity index (χ0v) is 14.1. The van der Waals surface area contributed by atoms with Gasteiger partial charge in [-0.3, -0.25) is 19.7 Å². The zero-order chi connectivity index (χ0) is 18.6. The maximum absolute atomic E-state index is 12.3. The first-order chi connectivity index (χ1) is 11.8. The van der Waals surface area contributed by atoms with Crippen LogP contribution in [0.25, 0.3) is 0 Å². The quantitative estimate of drug-likeness (QED) is 0.547. The summed E-state index contributed by atoms with van der Waals surface area (Å²) in [6.45, 7) is 3.45. The van der Waals surface area contributed by atoms with Crippen molar-refractivity contribution in [1.29, 1.82) is 0 Å². The second kappa shape index (κ2) is 7.33. The Hall–Kier alpha value is -2.90. The number of carboxylic acids is 1. The Balaban J connectivity index is 2.13. The summed E-state index contributed by atoms with van der Waals surface area (Å²) in [6, 6.07) is 5.72. The van der Waals surface area contributed by atoms with Crippen molar-refractivity contribution in [1.82, 2.24) is 16.0 Å². The minimum atomic E-state index is -1.25. The predicted octanol–water partition coefficient (Wildman–Crippen LogP) is 0.972. The number of urea groups is 1. The van der Waals surface area contributed by atoms with Gasteiger partial charge >= 0.3 is 12.0 Å². The number of aliphatic carboxylic acids is 1. The van der Waals surface area contributed by atoms with Gasteiger partial charge < -0.3 is 15.7 Å². The topological polar surface area (TPSA) is 125 Å². The highest BCUT2D eigenvalue weighted by Crippen LogP contribution is 2.25. The fraction of sp³-hybridized carbons (Fsp3) is 0.412. The average Bonchev–Trinajstić information content (AvgIpc) is 2.84. The van der Waals surface area contributed by atoms with E-state index in [4.69, 9.17) is 5.11 Å². The van der Waals surface area contributed by atoms with Gasteiger partial charge in [0.05, 0.1) is 5.92 Å². The molecular weight excluding hydrogens is 326 g/mol. The SMILES string of the molecule is CCCC(CNC(=O)c1cccc(C2(C)NC(=O)NC2=O)c1)C(=O)O. The summed E-state index contributed by atoms with van der Waals surface area (Å²) in [5, 5.41) is 16.4. The van der Waals surface area contributed by atoms with E-state index in [0.717, 1.165) is 0 Å². The standard InChI is InChI=1S/C17H21N3O5/c1-3-5-11(14(22)23)9-18-13(21)10-6-4-7-12(8-10)17(2)15(24)19-16(25)20-17/h4,6-8,11H,3,5,9H2,1-2H3,(H,18,21)(H,22,23)(H2,19,20,24,25). The molecule has 8 nitrogen and oxygen atoms in total. The first-order valence-electron chi connectivity index (χ1n) is 8.03. The molecule has 4 N–H and O–H groups in total. The molecule has 0 saturated carbocycles. The number of benzene rings is 1. The molecule has 2 unspecified atom stereocenters. The van der Waals surface area contributed by atoms with E-state index < -0.39 is 35.3 Å². The summed E-state index contributed by atoms with van der Waals surface area (Å²) in [5.41, 5.74) is -0.501. The van der Waals surface area contributed by atoms with E-state index >= 15 is 0 Å². The fourth-order valence-electron chi connectivity index (χ4n) is 2.70. The molecule has 1 aliphatic rings. The molecule has 2 atom stereocenters. The third kappa shape index (κ3) is 3.96. The lowest BCUT2D eigenvalue weighted by atomic mass is 9.91. The molecule has 4 amide bonds. The van der Waals surface area contributed by atoms with E-state index in [2.05, 4.69) is 16.0 Å². The monoisotopic (exact) mass is 347 g/mol. The highest BCUT2D eigenvalue weighted by molar-refractivity contribution is 6.07. The van der Waals surface area contributed by atoms with Gasteiger partial charge in [0.15, 0.2) is 0 Å². The van der Waals surface area contributed by atoms with Crippen LogP contribution in [0.1, 0.15) is 42.6 Å². The van der Waals surface area contributed by atoms with Crippen molar-refractivity contribution in [3.8, 4) is 0 Å². The molecule has 1 aliphatic heterocycles. The minimum Gasteiger partial charge on any atom is -0.481 e. The molecule has 2 rings (SSSR count). The number of hydrogen-bond donors (Lipinski definition) is 4. The molecule has 8 heteroatoms. The Morgan fingerprint density at radius 1 is 1.32 bits per heavy atom. The normalized spacial score (nSPS) is 20.6. The van der Waals surface area contributed by atoms with Crippen LogP contribution in [0.3, 0.4) is 0 Å². The van der Waals surface area contributed by atoms with Gasteiger partial charge in [-0.15, -0.1) is 0 Å². The van der Waals surface area contributed by atoms with E-state index in [-0.39, 0.29) is 12.1 Å². The molecular formula is C17H21N3O5. The number of carbonyl (C=O) groups excluding carboxylic acids is 3. The molecule has 1 saturated heterocycles. The molecule has 0 radical (unpaired) electrons. The Morgan fingerprint density at radius 3 is 2.60 bits per heavy atom. The fourth-order valence-corrected chi connectivity index (χ4v) is 2.70. The second-order valence-electron chi connectivity index (χ2n) is 6.15. The molecule has 0 spiro atoms. The van der Waals surface area contributed by atoms with E-state index in [1.54, 1.807) is 25.1 Å². The number of imide groups is 1. The highest BCUT2D eigenvalue weighted by Gasteiger charge is 2.43. The lowest BCUT2D eigenvalue weighted by Crippen LogP contribution is -2.40. The van der Waals surface area contributed by atoms with Gasteiger partial charge in [0.25, 0.3) is 11.8 Å². The Kier molecular flexibility index (Phi) is 5.41. The summed E-state index contributed by atoms with van der Waals surface area (Å²) < 4.78 is 0. The van der Waals surface area contributed by atoms with Gasteiger partial charge in [0, 0.05) is 12.1 Å². The molecule has 25 heavy (non-hydrogen) atoms. The molecule has 0 aliphatic carbocycles. The van der Waals surface area contributed by atoms with Gasteiger partial charge in [-0.25, -0.2) is 4.79 Å². The van der Waals surface area contributed by atoms with Crippen molar-refractivity contribution >= 4 is 23.8 Å². The number of carbonyl (C=O) groups is 4. The largest absolute Gasteiger partial charge is 0.481 e. The smallest absolute Gasteiger partial charge is 0.322 e. The summed E-state index contributed by atoms with van der Waals surface area (Å²) in [4.78, 5) is 46.8. The van der Waals surface area contributed by atoms with Gasteiger partial charge in [0.1, 0.15) is 5.54 Å². The van der Waals surface area contributed by atoms with Crippen LogP contribution in [0, 0.1) is 5.92 Å². The van der Waals surface area contributed by atoms with Crippen LogP contribution < -0.4 is 16.0 Å². The summed E-state index contributed by atoms with van der Waals surface area (Å²) in [7, 11) is 0. The summed E-state index contributed by atoms with van der Waals surface area (Å²) >= 11 is 0. The third-order valence-corrected chi connectivity index (χ3v) is 4.24. The number of nitrogens with one attached hydrogen (secondary N) is 3. The average molecular weight is 347 g/mol. The zero-order valence-electron chi connectivity index (χ0n) is 14.1. The van der Waals surface area contributed by atoms with Crippen molar-refractivity contribution in [2.24, 2.45) is 5.92 Å². The van der Waals surface area contributed by atoms with Gasteiger partial charge in [-0.1, -0.05) is 25.5 Å². The summed E-state index contributed by atoms with van der Waals surface area (Å²) in [5.74, 6) is -2.52. The highest BCUT2D eigenvalue weighted by atomic mass is 16.4.